The van der Waals surface area contributed by atoms with Crippen LogP contribution in [0.15, 0.2) is 29.6 Å². The highest BCUT2D eigenvalue weighted by atomic mass is 32.1. The molecule has 0 fully saturated rings. The van der Waals surface area contributed by atoms with Crippen molar-refractivity contribution in [2.24, 2.45) is 0 Å². The molecule has 108 valence electrons. The first-order valence-corrected chi connectivity index (χ1v) is 8.43. The number of anilines is 2. The lowest BCUT2D eigenvalue weighted by atomic mass is 9.87. The van der Waals surface area contributed by atoms with E-state index in [0.717, 1.165) is 37.9 Å². The van der Waals surface area contributed by atoms with E-state index in [0.29, 0.717) is 0 Å². The lowest BCUT2D eigenvalue weighted by molar-refractivity contribution is -0.117. The van der Waals surface area contributed by atoms with Gasteiger partial charge in [0.2, 0.25) is 5.91 Å². The predicted molar refractivity (Wildman–Crippen MR) is 87.3 cm³/mol. The van der Waals surface area contributed by atoms with Crippen LogP contribution in [0.1, 0.15) is 34.8 Å². The van der Waals surface area contributed by atoms with Crippen LogP contribution in [0.3, 0.4) is 0 Å². The number of fused-ring (bicyclic) bond motifs is 2. The number of hydrogen-bond donors (Lipinski definition) is 2. The summed E-state index contributed by atoms with van der Waals surface area (Å²) in [5, 5.41) is 8.56. The molecule has 21 heavy (non-hydrogen) atoms. The number of aryl methyl sites for hydroxylation is 1. The average Bonchev–Trinajstić information content (AvgIpc) is 3.14. The zero-order valence-electron chi connectivity index (χ0n) is 11.8. The van der Waals surface area contributed by atoms with Gasteiger partial charge in [-0.25, -0.2) is 0 Å². The van der Waals surface area contributed by atoms with Crippen LogP contribution in [0.4, 0.5) is 11.4 Å². The fraction of sp³-hybridized carbons (Fsp3) is 0.353. The van der Waals surface area contributed by atoms with Gasteiger partial charge in [-0.3, -0.25) is 4.79 Å². The molecule has 1 aliphatic heterocycles. The van der Waals surface area contributed by atoms with Gasteiger partial charge in [-0.15, -0.1) is 11.3 Å². The van der Waals surface area contributed by atoms with Crippen molar-refractivity contribution in [3.05, 3.63) is 45.6 Å². The summed E-state index contributed by atoms with van der Waals surface area (Å²) < 4.78 is 0. The van der Waals surface area contributed by atoms with Crippen molar-refractivity contribution in [3.8, 4) is 0 Å². The van der Waals surface area contributed by atoms with Gasteiger partial charge in [0.05, 0.1) is 5.92 Å². The van der Waals surface area contributed by atoms with Crippen LogP contribution in [-0.2, 0) is 17.6 Å². The molecule has 1 amide bonds. The van der Waals surface area contributed by atoms with Gasteiger partial charge in [0.1, 0.15) is 0 Å². The number of benzene rings is 1. The minimum Gasteiger partial charge on any atom is -0.384 e. The summed E-state index contributed by atoms with van der Waals surface area (Å²) in [6, 6.07) is 8.28. The summed E-state index contributed by atoms with van der Waals surface area (Å²) in [4.78, 5) is 14.0. The highest BCUT2D eigenvalue weighted by molar-refractivity contribution is 7.10. The Morgan fingerprint density at radius 2 is 2.24 bits per heavy atom. The topological polar surface area (TPSA) is 41.1 Å². The summed E-state index contributed by atoms with van der Waals surface area (Å²) in [5.74, 6) is 0.159. The summed E-state index contributed by atoms with van der Waals surface area (Å²) in [6.45, 7) is 0.994. The zero-order valence-corrected chi connectivity index (χ0v) is 12.6. The van der Waals surface area contributed by atoms with E-state index in [1.54, 1.807) is 11.3 Å². The molecule has 4 rings (SSSR count). The van der Waals surface area contributed by atoms with Gasteiger partial charge in [0, 0.05) is 22.8 Å². The van der Waals surface area contributed by atoms with E-state index in [-0.39, 0.29) is 11.8 Å². The Labute approximate surface area is 128 Å². The number of thiophene rings is 1. The third-order valence-corrected chi connectivity index (χ3v) is 5.45. The van der Waals surface area contributed by atoms with Crippen molar-refractivity contribution in [1.82, 2.24) is 0 Å². The molecule has 0 saturated heterocycles. The fourth-order valence-electron chi connectivity index (χ4n) is 3.37. The van der Waals surface area contributed by atoms with Gasteiger partial charge in [-0.2, -0.15) is 0 Å². The van der Waals surface area contributed by atoms with E-state index in [9.17, 15) is 4.79 Å². The Hall–Kier alpha value is -1.81. The normalized spacial score (nSPS) is 19.5. The lowest BCUT2D eigenvalue weighted by Gasteiger charge is -2.22. The summed E-state index contributed by atoms with van der Waals surface area (Å²) in [6.07, 6.45) is 4.24. The van der Waals surface area contributed by atoms with Gasteiger partial charge in [-0.1, -0.05) is 0 Å². The van der Waals surface area contributed by atoms with Crippen molar-refractivity contribution >= 4 is 28.6 Å². The Morgan fingerprint density at radius 3 is 3.19 bits per heavy atom. The van der Waals surface area contributed by atoms with Crippen LogP contribution in [0.2, 0.25) is 0 Å². The van der Waals surface area contributed by atoms with E-state index in [4.69, 9.17) is 0 Å². The number of amides is 1. The van der Waals surface area contributed by atoms with Crippen molar-refractivity contribution in [3.63, 3.8) is 0 Å². The minimum absolute atomic E-state index is 0.0198. The van der Waals surface area contributed by atoms with Crippen molar-refractivity contribution in [1.29, 1.82) is 0 Å². The molecule has 0 saturated carbocycles. The maximum Gasteiger partial charge on any atom is 0.231 e. The quantitative estimate of drug-likeness (QED) is 0.886. The van der Waals surface area contributed by atoms with Crippen LogP contribution < -0.4 is 10.6 Å². The van der Waals surface area contributed by atoms with Crippen LogP contribution >= 0.6 is 11.3 Å². The van der Waals surface area contributed by atoms with Crippen LogP contribution in [0.5, 0.6) is 0 Å². The molecule has 3 nitrogen and oxygen atoms in total. The van der Waals surface area contributed by atoms with Crippen molar-refractivity contribution < 1.29 is 4.79 Å². The maximum absolute atomic E-state index is 12.6. The molecule has 2 aromatic rings. The number of carbonyl (C=O) groups is 1. The molecule has 2 N–H and O–H groups in total. The highest BCUT2D eigenvalue weighted by Gasteiger charge is 2.27. The van der Waals surface area contributed by atoms with E-state index >= 15 is 0 Å². The third kappa shape index (κ3) is 2.33. The third-order valence-electron chi connectivity index (χ3n) is 4.45. The highest BCUT2D eigenvalue weighted by Crippen LogP contribution is 2.36. The van der Waals surface area contributed by atoms with Crippen LogP contribution in [0.25, 0.3) is 0 Å². The van der Waals surface area contributed by atoms with Crippen LogP contribution in [0, 0.1) is 0 Å². The molecular formula is C17H18N2OS. The maximum atomic E-state index is 12.6. The molecule has 2 heterocycles. The molecule has 1 unspecified atom stereocenters. The van der Waals surface area contributed by atoms with E-state index in [1.807, 2.05) is 6.07 Å². The number of carbonyl (C=O) groups excluding carboxylic acids is 1. The molecule has 1 aliphatic carbocycles. The molecule has 0 radical (unpaired) electrons. The average molecular weight is 298 g/mol. The van der Waals surface area contributed by atoms with E-state index in [1.165, 1.54) is 21.7 Å². The number of hydrogen-bond acceptors (Lipinski definition) is 3. The molecule has 0 spiro atoms. The zero-order chi connectivity index (χ0) is 14.2. The summed E-state index contributed by atoms with van der Waals surface area (Å²) >= 11 is 1.78. The second-order valence-electron chi connectivity index (χ2n) is 5.78. The Kier molecular flexibility index (Phi) is 3.19. The molecule has 4 heteroatoms. The first-order valence-electron chi connectivity index (χ1n) is 7.55. The van der Waals surface area contributed by atoms with Gasteiger partial charge in [-0.05, 0) is 66.5 Å². The van der Waals surface area contributed by atoms with Gasteiger partial charge in [0.25, 0.3) is 0 Å². The van der Waals surface area contributed by atoms with Gasteiger partial charge < -0.3 is 10.6 Å². The van der Waals surface area contributed by atoms with Gasteiger partial charge >= 0.3 is 0 Å². The Balaban J connectivity index is 1.54. The minimum atomic E-state index is 0.0198. The molecule has 1 aromatic carbocycles. The molecule has 1 aromatic heterocycles. The lowest BCUT2D eigenvalue weighted by Crippen LogP contribution is -2.23. The smallest absolute Gasteiger partial charge is 0.231 e. The number of nitrogens with one attached hydrogen (secondary N) is 2. The summed E-state index contributed by atoms with van der Waals surface area (Å²) in [7, 11) is 0. The van der Waals surface area contributed by atoms with E-state index in [2.05, 4.69) is 34.2 Å². The summed E-state index contributed by atoms with van der Waals surface area (Å²) in [5.41, 5.74) is 4.66. The first kappa shape index (κ1) is 12.9. The largest absolute Gasteiger partial charge is 0.384 e. The molecule has 0 bridgehead atoms. The standard InChI is InChI=1S/C17H18N2OS/c20-17(14-2-1-3-16-13(14)7-9-21-16)19-12-4-5-15-11(10-12)6-8-18-15/h4-5,7,9-10,14,18H,1-3,6,8H2,(H,19,20). The van der Waals surface area contributed by atoms with Crippen LogP contribution in [-0.4, -0.2) is 12.5 Å². The second kappa shape index (κ2) is 5.19. The Morgan fingerprint density at radius 1 is 1.29 bits per heavy atom. The van der Waals surface area contributed by atoms with Gasteiger partial charge in [0.15, 0.2) is 0 Å². The van der Waals surface area contributed by atoms with Crippen molar-refractivity contribution in [2.45, 2.75) is 31.6 Å². The Bertz CT molecular complexity index is 692. The second-order valence-corrected chi connectivity index (χ2v) is 6.78. The number of rotatable bonds is 2. The predicted octanol–water partition coefficient (Wildman–Crippen LogP) is 3.77. The molecular weight excluding hydrogens is 280 g/mol. The van der Waals surface area contributed by atoms with E-state index < -0.39 is 0 Å². The first-order chi connectivity index (χ1) is 10.3. The molecule has 2 aliphatic rings. The fourth-order valence-corrected chi connectivity index (χ4v) is 4.36. The van der Waals surface area contributed by atoms with Crippen molar-refractivity contribution in [2.75, 3.05) is 17.2 Å². The SMILES string of the molecule is O=C(Nc1ccc2c(c1)CCN2)C1CCCc2sccc21. The molecule has 1 atom stereocenters. The monoisotopic (exact) mass is 298 g/mol.